The molecule has 90 valence electrons. The normalized spacial score (nSPS) is 23.6. The number of nitrogens with two attached hydrogens (primary N) is 1. The molecule has 1 aliphatic heterocycles. The van der Waals surface area contributed by atoms with Gasteiger partial charge in [-0.25, -0.2) is 0 Å². The summed E-state index contributed by atoms with van der Waals surface area (Å²) in [4.78, 5) is 4.91. The van der Waals surface area contributed by atoms with Crippen molar-refractivity contribution in [2.24, 2.45) is 5.73 Å². The molecule has 0 aromatic heterocycles. The van der Waals surface area contributed by atoms with E-state index < -0.39 is 0 Å². The lowest BCUT2D eigenvalue weighted by Gasteiger charge is -2.37. The van der Waals surface area contributed by atoms with Crippen LogP contribution >= 0.6 is 0 Å². The lowest BCUT2D eigenvalue weighted by atomic mass is 10.2. The van der Waals surface area contributed by atoms with Crippen LogP contribution in [0.15, 0.2) is 0 Å². The van der Waals surface area contributed by atoms with Crippen LogP contribution in [0.1, 0.15) is 13.8 Å². The van der Waals surface area contributed by atoms with Crippen LogP contribution in [-0.4, -0.2) is 68.3 Å². The molecule has 0 aromatic carbocycles. The third-order valence-electron chi connectivity index (χ3n) is 3.13. The van der Waals surface area contributed by atoms with Crippen molar-refractivity contribution in [3.63, 3.8) is 0 Å². The fourth-order valence-electron chi connectivity index (χ4n) is 2.10. The monoisotopic (exact) mass is 215 g/mol. The van der Waals surface area contributed by atoms with Crippen LogP contribution in [0.25, 0.3) is 0 Å². The number of hydrogen-bond donors (Lipinski definition) is 1. The van der Waals surface area contributed by atoms with Gasteiger partial charge < -0.3 is 15.4 Å². The first-order valence-electron chi connectivity index (χ1n) is 6.06. The highest BCUT2D eigenvalue weighted by Gasteiger charge is 2.23. The third-order valence-corrected chi connectivity index (χ3v) is 3.13. The van der Waals surface area contributed by atoms with Crippen molar-refractivity contribution in [3.8, 4) is 0 Å². The molecule has 4 heteroatoms. The van der Waals surface area contributed by atoms with Gasteiger partial charge in [-0.2, -0.15) is 0 Å². The molecule has 1 fully saturated rings. The maximum Gasteiger partial charge on any atom is 0.0634 e. The molecule has 0 spiro atoms. The molecule has 1 heterocycles. The number of likely N-dealkylation sites (N-methyl/N-ethyl adjacent to an activating group) is 1. The number of hydrogen-bond acceptors (Lipinski definition) is 4. The first-order valence-corrected chi connectivity index (χ1v) is 6.06. The Labute approximate surface area is 93.4 Å². The van der Waals surface area contributed by atoms with Crippen LogP contribution in [-0.2, 0) is 4.74 Å². The van der Waals surface area contributed by atoms with Crippen LogP contribution in [0.2, 0.25) is 0 Å². The van der Waals surface area contributed by atoms with E-state index >= 15 is 0 Å². The van der Waals surface area contributed by atoms with E-state index in [0.29, 0.717) is 6.04 Å². The van der Waals surface area contributed by atoms with Crippen molar-refractivity contribution in [1.82, 2.24) is 9.80 Å². The zero-order chi connectivity index (χ0) is 11.1. The quantitative estimate of drug-likeness (QED) is 0.676. The van der Waals surface area contributed by atoms with E-state index in [1.807, 2.05) is 0 Å². The van der Waals surface area contributed by atoms with Crippen LogP contribution in [0, 0.1) is 0 Å². The average Bonchev–Trinajstić information content (AvgIpc) is 2.28. The van der Waals surface area contributed by atoms with Gasteiger partial charge in [0.25, 0.3) is 0 Å². The molecule has 0 aliphatic carbocycles. The minimum absolute atomic E-state index is 0.530. The predicted octanol–water partition coefficient (Wildman–Crippen LogP) is -0.0123. The van der Waals surface area contributed by atoms with Gasteiger partial charge in [0.05, 0.1) is 13.2 Å². The standard InChI is InChI=1S/C11H25N3O/c1-3-13(4-2)9-11-10-15-8-7-14(11)6-5-12/h11H,3-10,12H2,1-2H3. The maximum absolute atomic E-state index is 5.62. The summed E-state index contributed by atoms with van der Waals surface area (Å²) < 4.78 is 5.54. The van der Waals surface area contributed by atoms with Gasteiger partial charge in [0.15, 0.2) is 0 Å². The van der Waals surface area contributed by atoms with Gasteiger partial charge in [-0.3, -0.25) is 4.90 Å². The highest BCUT2D eigenvalue weighted by Crippen LogP contribution is 2.07. The zero-order valence-corrected chi connectivity index (χ0v) is 10.1. The lowest BCUT2D eigenvalue weighted by molar-refractivity contribution is -0.0174. The summed E-state index contributed by atoms with van der Waals surface area (Å²) in [7, 11) is 0. The fourth-order valence-corrected chi connectivity index (χ4v) is 2.10. The van der Waals surface area contributed by atoms with Gasteiger partial charge in [-0.1, -0.05) is 13.8 Å². The van der Waals surface area contributed by atoms with Gasteiger partial charge in [0, 0.05) is 32.2 Å². The SMILES string of the molecule is CCN(CC)CC1COCCN1CCN. The van der Waals surface area contributed by atoms with Gasteiger partial charge in [0.1, 0.15) is 0 Å². The minimum Gasteiger partial charge on any atom is -0.378 e. The third kappa shape index (κ3) is 4.07. The Balaban J connectivity index is 2.40. The molecular formula is C11H25N3O. The lowest BCUT2D eigenvalue weighted by Crippen LogP contribution is -2.52. The van der Waals surface area contributed by atoms with Crippen LogP contribution < -0.4 is 5.73 Å². The van der Waals surface area contributed by atoms with E-state index in [1.165, 1.54) is 0 Å². The topological polar surface area (TPSA) is 41.7 Å². The van der Waals surface area contributed by atoms with Gasteiger partial charge in [-0.05, 0) is 13.1 Å². The van der Waals surface area contributed by atoms with Crippen molar-refractivity contribution in [2.45, 2.75) is 19.9 Å². The van der Waals surface area contributed by atoms with Crippen molar-refractivity contribution in [3.05, 3.63) is 0 Å². The molecule has 0 bridgehead atoms. The van der Waals surface area contributed by atoms with Crippen molar-refractivity contribution in [2.75, 3.05) is 52.5 Å². The minimum atomic E-state index is 0.530. The average molecular weight is 215 g/mol. The Morgan fingerprint density at radius 2 is 2.13 bits per heavy atom. The van der Waals surface area contributed by atoms with Gasteiger partial charge >= 0.3 is 0 Å². The highest BCUT2D eigenvalue weighted by molar-refractivity contribution is 4.78. The molecule has 1 atom stereocenters. The Morgan fingerprint density at radius 3 is 2.73 bits per heavy atom. The Bertz CT molecular complexity index is 160. The van der Waals surface area contributed by atoms with E-state index in [4.69, 9.17) is 10.5 Å². The molecule has 0 radical (unpaired) electrons. The van der Waals surface area contributed by atoms with E-state index in [2.05, 4.69) is 23.6 Å². The summed E-state index contributed by atoms with van der Waals surface area (Å²) in [6.45, 7) is 12.2. The highest BCUT2D eigenvalue weighted by atomic mass is 16.5. The van der Waals surface area contributed by atoms with Gasteiger partial charge in [0.2, 0.25) is 0 Å². The molecule has 1 unspecified atom stereocenters. The molecule has 1 saturated heterocycles. The molecule has 0 aromatic rings. The maximum atomic E-state index is 5.62. The molecule has 1 aliphatic rings. The molecule has 4 nitrogen and oxygen atoms in total. The summed E-state index contributed by atoms with van der Waals surface area (Å²) in [6, 6.07) is 0.530. The zero-order valence-electron chi connectivity index (χ0n) is 10.1. The van der Waals surface area contributed by atoms with Gasteiger partial charge in [-0.15, -0.1) is 0 Å². The predicted molar refractivity (Wildman–Crippen MR) is 63.0 cm³/mol. The van der Waals surface area contributed by atoms with E-state index in [0.717, 1.165) is 52.5 Å². The van der Waals surface area contributed by atoms with Crippen LogP contribution in [0.5, 0.6) is 0 Å². The smallest absolute Gasteiger partial charge is 0.0634 e. The van der Waals surface area contributed by atoms with Crippen LogP contribution in [0.3, 0.4) is 0 Å². The molecule has 0 saturated carbocycles. The molecular weight excluding hydrogens is 190 g/mol. The molecule has 1 rings (SSSR count). The van der Waals surface area contributed by atoms with E-state index in [9.17, 15) is 0 Å². The summed E-state index contributed by atoms with van der Waals surface area (Å²) >= 11 is 0. The second-order valence-electron chi connectivity index (χ2n) is 4.04. The summed E-state index contributed by atoms with van der Waals surface area (Å²) in [5.74, 6) is 0. The first kappa shape index (κ1) is 12.9. The van der Waals surface area contributed by atoms with Crippen molar-refractivity contribution >= 4 is 0 Å². The Morgan fingerprint density at radius 1 is 1.40 bits per heavy atom. The number of nitrogens with zero attached hydrogens (tertiary/aromatic N) is 2. The summed E-state index contributed by atoms with van der Waals surface area (Å²) in [5.41, 5.74) is 5.62. The first-order chi connectivity index (χ1) is 7.31. The fraction of sp³-hybridized carbons (Fsp3) is 1.00. The van der Waals surface area contributed by atoms with Crippen molar-refractivity contribution in [1.29, 1.82) is 0 Å². The van der Waals surface area contributed by atoms with E-state index in [1.54, 1.807) is 0 Å². The number of morpholine rings is 1. The van der Waals surface area contributed by atoms with Crippen molar-refractivity contribution < 1.29 is 4.74 Å². The molecule has 2 N–H and O–H groups in total. The largest absolute Gasteiger partial charge is 0.378 e. The summed E-state index contributed by atoms with van der Waals surface area (Å²) in [6.07, 6.45) is 0. The number of rotatable bonds is 6. The molecule has 0 amide bonds. The second kappa shape index (κ2) is 7.17. The number of ether oxygens (including phenoxy) is 1. The summed E-state index contributed by atoms with van der Waals surface area (Å²) in [5, 5.41) is 0. The van der Waals surface area contributed by atoms with Crippen LogP contribution in [0.4, 0.5) is 0 Å². The second-order valence-corrected chi connectivity index (χ2v) is 4.04. The molecule has 15 heavy (non-hydrogen) atoms. The van der Waals surface area contributed by atoms with E-state index in [-0.39, 0.29) is 0 Å². The Hall–Kier alpha value is -0.160. The Kier molecular flexibility index (Phi) is 6.17.